The first kappa shape index (κ1) is 11.3. The normalized spacial score (nSPS) is 10.5. The van der Waals surface area contributed by atoms with E-state index in [2.05, 4.69) is 34.1 Å². The molecule has 0 saturated heterocycles. The van der Waals surface area contributed by atoms with Crippen molar-refractivity contribution in [3.05, 3.63) is 36.3 Å². The molecule has 0 spiro atoms. The van der Waals surface area contributed by atoms with Gasteiger partial charge in [0.1, 0.15) is 23.8 Å². The first-order chi connectivity index (χ1) is 8.15. The van der Waals surface area contributed by atoms with Crippen LogP contribution < -0.4 is 11.1 Å². The number of nitrogens with two attached hydrogens (primary N) is 1. The second-order valence-electron chi connectivity index (χ2n) is 4.06. The van der Waals surface area contributed by atoms with E-state index < -0.39 is 0 Å². The van der Waals surface area contributed by atoms with Gasteiger partial charge >= 0.3 is 0 Å². The summed E-state index contributed by atoms with van der Waals surface area (Å²) in [6.45, 7) is 4.18. The van der Waals surface area contributed by atoms with Gasteiger partial charge in [-0.2, -0.15) is 0 Å². The number of anilines is 3. The third kappa shape index (κ3) is 2.90. The summed E-state index contributed by atoms with van der Waals surface area (Å²) in [6.07, 6.45) is 1.55. The monoisotopic (exact) mass is 229 g/mol. The standard InChI is InChI=1S/C12H15N5/c1-8(2)9-6-12(15-7-14-9)17-11-5-3-4-10(13)16-11/h3-8H,1-2H3,(H3,13,14,15,16,17). The summed E-state index contributed by atoms with van der Waals surface area (Å²) in [4.78, 5) is 12.5. The fraction of sp³-hybridized carbons (Fsp3) is 0.250. The molecule has 2 aromatic heterocycles. The van der Waals surface area contributed by atoms with Gasteiger partial charge in [-0.05, 0) is 18.1 Å². The Kier molecular flexibility index (Phi) is 3.18. The molecule has 0 fully saturated rings. The van der Waals surface area contributed by atoms with Crippen LogP contribution in [-0.4, -0.2) is 15.0 Å². The fourth-order valence-electron chi connectivity index (χ4n) is 1.41. The zero-order valence-electron chi connectivity index (χ0n) is 9.88. The number of hydrogen-bond donors (Lipinski definition) is 2. The maximum absolute atomic E-state index is 5.61. The Labute approximate surface area is 100 Å². The Morgan fingerprint density at radius 3 is 2.71 bits per heavy atom. The van der Waals surface area contributed by atoms with Crippen molar-refractivity contribution in [1.29, 1.82) is 0 Å². The van der Waals surface area contributed by atoms with Crippen molar-refractivity contribution in [2.24, 2.45) is 0 Å². The van der Waals surface area contributed by atoms with Gasteiger partial charge in [0.05, 0.1) is 0 Å². The summed E-state index contributed by atoms with van der Waals surface area (Å²) in [7, 11) is 0. The van der Waals surface area contributed by atoms with Gasteiger partial charge in [0.2, 0.25) is 0 Å². The molecule has 0 aliphatic rings. The first-order valence-corrected chi connectivity index (χ1v) is 5.46. The third-order valence-corrected chi connectivity index (χ3v) is 2.31. The molecule has 0 unspecified atom stereocenters. The lowest BCUT2D eigenvalue weighted by atomic mass is 10.1. The van der Waals surface area contributed by atoms with Crippen LogP contribution in [0.15, 0.2) is 30.6 Å². The minimum absolute atomic E-state index is 0.368. The van der Waals surface area contributed by atoms with Crippen LogP contribution in [0.4, 0.5) is 17.5 Å². The highest BCUT2D eigenvalue weighted by Gasteiger charge is 2.03. The zero-order valence-corrected chi connectivity index (χ0v) is 9.88. The molecule has 2 rings (SSSR count). The van der Waals surface area contributed by atoms with E-state index in [-0.39, 0.29) is 0 Å². The zero-order chi connectivity index (χ0) is 12.3. The van der Waals surface area contributed by atoms with Gasteiger partial charge in [-0.3, -0.25) is 0 Å². The number of nitrogens with zero attached hydrogens (tertiary/aromatic N) is 3. The summed E-state index contributed by atoms with van der Waals surface area (Å²) < 4.78 is 0. The van der Waals surface area contributed by atoms with Gasteiger partial charge in [0.25, 0.3) is 0 Å². The number of hydrogen-bond acceptors (Lipinski definition) is 5. The molecule has 0 aliphatic heterocycles. The molecule has 5 nitrogen and oxygen atoms in total. The average Bonchev–Trinajstić information content (AvgIpc) is 2.29. The van der Waals surface area contributed by atoms with Gasteiger partial charge in [0.15, 0.2) is 0 Å². The highest BCUT2D eigenvalue weighted by Crippen LogP contribution is 2.17. The van der Waals surface area contributed by atoms with Crippen molar-refractivity contribution in [1.82, 2.24) is 15.0 Å². The molecule has 88 valence electrons. The van der Waals surface area contributed by atoms with Gasteiger partial charge in [0, 0.05) is 11.8 Å². The Morgan fingerprint density at radius 1 is 1.18 bits per heavy atom. The number of pyridine rings is 1. The maximum Gasteiger partial charge on any atom is 0.135 e. The highest BCUT2D eigenvalue weighted by molar-refractivity contribution is 5.53. The molecule has 2 aromatic rings. The van der Waals surface area contributed by atoms with Crippen LogP contribution in [0.5, 0.6) is 0 Å². The molecular weight excluding hydrogens is 214 g/mol. The molecule has 2 heterocycles. The number of rotatable bonds is 3. The van der Waals surface area contributed by atoms with E-state index in [1.54, 1.807) is 12.4 Å². The van der Waals surface area contributed by atoms with Gasteiger partial charge in [-0.15, -0.1) is 0 Å². The molecule has 0 radical (unpaired) electrons. The van der Waals surface area contributed by atoms with Crippen molar-refractivity contribution >= 4 is 17.5 Å². The van der Waals surface area contributed by atoms with E-state index in [0.717, 1.165) is 11.5 Å². The maximum atomic E-state index is 5.61. The second kappa shape index (κ2) is 4.78. The molecule has 17 heavy (non-hydrogen) atoms. The van der Waals surface area contributed by atoms with Gasteiger partial charge in [-0.1, -0.05) is 19.9 Å². The summed E-state index contributed by atoms with van der Waals surface area (Å²) in [5, 5.41) is 3.10. The lowest BCUT2D eigenvalue weighted by Crippen LogP contribution is -2.01. The second-order valence-corrected chi connectivity index (χ2v) is 4.06. The highest BCUT2D eigenvalue weighted by atomic mass is 15.1. The Bertz CT molecular complexity index is 510. The quantitative estimate of drug-likeness (QED) is 0.844. The van der Waals surface area contributed by atoms with Gasteiger partial charge in [-0.25, -0.2) is 15.0 Å². The lowest BCUT2D eigenvalue weighted by Gasteiger charge is -2.08. The van der Waals surface area contributed by atoms with E-state index in [1.807, 2.05) is 18.2 Å². The van der Waals surface area contributed by atoms with Crippen molar-refractivity contribution in [3.63, 3.8) is 0 Å². The van der Waals surface area contributed by atoms with Crippen LogP contribution in [0.3, 0.4) is 0 Å². The summed E-state index contributed by atoms with van der Waals surface area (Å²) in [5.74, 6) is 2.25. The minimum Gasteiger partial charge on any atom is -0.384 e. The number of nitrogens with one attached hydrogen (secondary N) is 1. The van der Waals surface area contributed by atoms with Crippen molar-refractivity contribution in [2.75, 3.05) is 11.1 Å². The third-order valence-electron chi connectivity index (χ3n) is 2.31. The minimum atomic E-state index is 0.368. The Morgan fingerprint density at radius 2 is 2.00 bits per heavy atom. The smallest absolute Gasteiger partial charge is 0.135 e. The lowest BCUT2D eigenvalue weighted by molar-refractivity contribution is 0.815. The summed E-state index contributed by atoms with van der Waals surface area (Å²) >= 11 is 0. The molecule has 0 aromatic carbocycles. The van der Waals surface area contributed by atoms with Crippen molar-refractivity contribution in [2.45, 2.75) is 19.8 Å². The molecule has 5 heteroatoms. The average molecular weight is 229 g/mol. The van der Waals surface area contributed by atoms with Crippen molar-refractivity contribution in [3.8, 4) is 0 Å². The molecule has 0 atom stereocenters. The van der Waals surface area contributed by atoms with Crippen LogP contribution in [0, 0.1) is 0 Å². The van der Waals surface area contributed by atoms with E-state index in [9.17, 15) is 0 Å². The number of aromatic nitrogens is 3. The van der Waals surface area contributed by atoms with Crippen LogP contribution in [0.1, 0.15) is 25.5 Å². The molecule has 0 aliphatic carbocycles. The van der Waals surface area contributed by atoms with E-state index >= 15 is 0 Å². The molecule has 0 saturated carbocycles. The van der Waals surface area contributed by atoms with E-state index in [4.69, 9.17) is 5.73 Å². The predicted molar refractivity (Wildman–Crippen MR) is 68.1 cm³/mol. The van der Waals surface area contributed by atoms with E-state index in [0.29, 0.717) is 17.6 Å². The Balaban J connectivity index is 2.21. The molecule has 0 amide bonds. The predicted octanol–water partition coefficient (Wildman–Crippen LogP) is 2.32. The van der Waals surface area contributed by atoms with Gasteiger partial charge < -0.3 is 11.1 Å². The number of nitrogen functional groups attached to an aromatic ring is 1. The van der Waals surface area contributed by atoms with Crippen LogP contribution in [0.2, 0.25) is 0 Å². The molecule has 3 N–H and O–H groups in total. The Hall–Kier alpha value is -2.17. The molecular formula is C12H15N5. The largest absolute Gasteiger partial charge is 0.384 e. The van der Waals surface area contributed by atoms with Crippen LogP contribution in [0.25, 0.3) is 0 Å². The first-order valence-electron chi connectivity index (χ1n) is 5.46. The molecule has 0 bridgehead atoms. The van der Waals surface area contributed by atoms with E-state index in [1.165, 1.54) is 0 Å². The SMILES string of the molecule is CC(C)c1cc(Nc2cccc(N)n2)ncn1. The topological polar surface area (TPSA) is 76.7 Å². The van der Waals surface area contributed by atoms with Crippen molar-refractivity contribution < 1.29 is 0 Å². The van der Waals surface area contributed by atoms with Crippen LogP contribution in [-0.2, 0) is 0 Å². The fourth-order valence-corrected chi connectivity index (χ4v) is 1.41. The van der Waals surface area contributed by atoms with Crippen LogP contribution >= 0.6 is 0 Å². The summed E-state index contributed by atoms with van der Waals surface area (Å²) in [5.41, 5.74) is 6.60. The summed E-state index contributed by atoms with van der Waals surface area (Å²) in [6, 6.07) is 7.34.